The van der Waals surface area contributed by atoms with Gasteiger partial charge < -0.3 is 10.6 Å². The van der Waals surface area contributed by atoms with Gasteiger partial charge in [0, 0.05) is 13.0 Å². The zero-order valence-corrected chi connectivity index (χ0v) is 13.3. The third kappa shape index (κ3) is 6.16. The van der Waals surface area contributed by atoms with Crippen molar-refractivity contribution in [2.24, 2.45) is 5.14 Å². The molecule has 0 radical (unpaired) electrons. The molecule has 2 amide bonds. The van der Waals surface area contributed by atoms with Crippen LogP contribution in [0.15, 0.2) is 29.2 Å². The molecule has 0 fully saturated rings. The molecule has 1 aromatic carbocycles. The molecule has 0 spiro atoms. The van der Waals surface area contributed by atoms with E-state index in [-0.39, 0.29) is 17.0 Å². The molecular formula is C15H21N3O3S. The second-order valence-electron chi connectivity index (χ2n) is 4.90. The summed E-state index contributed by atoms with van der Waals surface area (Å²) in [5.41, 5.74) is 0.661. The molecule has 0 aliphatic rings. The summed E-state index contributed by atoms with van der Waals surface area (Å²) in [6.07, 6.45) is 7.51. The summed E-state index contributed by atoms with van der Waals surface area (Å²) < 4.78 is 22.6. The fraction of sp³-hybridized carbons (Fsp3) is 0.400. The maximum absolute atomic E-state index is 11.7. The standard InChI is InChI=1S/C15H21N3O3S/c1-3-4-5-6-10-17-15(19)18-12(2)13-8-7-9-14(11-13)22(16,20)21/h1,7-9,11-12H,4-6,10H2,2H3,(H2,16,20,21)(H2,17,18,19). The fourth-order valence-corrected chi connectivity index (χ4v) is 2.41. The number of rotatable bonds is 7. The van der Waals surface area contributed by atoms with Crippen molar-refractivity contribution < 1.29 is 13.2 Å². The van der Waals surface area contributed by atoms with Gasteiger partial charge in [0.25, 0.3) is 0 Å². The Kier molecular flexibility index (Phi) is 6.89. The van der Waals surface area contributed by atoms with Crippen molar-refractivity contribution >= 4 is 16.1 Å². The van der Waals surface area contributed by atoms with Gasteiger partial charge in [0.05, 0.1) is 10.9 Å². The van der Waals surface area contributed by atoms with Crippen LogP contribution in [0.2, 0.25) is 0 Å². The van der Waals surface area contributed by atoms with E-state index < -0.39 is 10.0 Å². The van der Waals surface area contributed by atoms with E-state index in [1.807, 2.05) is 0 Å². The lowest BCUT2D eigenvalue weighted by molar-refractivity contribution is 0.237. The van der Waals surface area contributed by atoms with Gasteiger partial charge in [-0.05, 0) is 37.5 Å². The summed E-state index contributed by atoms with van der Waals surface area (Å²) in [6, 6.07) is 5.53. The average Bonchev–Trinajstić information content (AvgIpc) is 2.46. The zero-order valence-electron chi connectivity index (χ0n) is 12.5. The second-order valence-corrected chi connectivity index (χ2v) is 6.46. The van der Waals surface area contributed by atoms with Crippen LogP contribution in [-0.4, -0.2) is 21.0 Å². The number of nitrogens with two attached hydrogens (primary N) is 1. The van der Waals surface area contributed by atoms with Crippen LogP contribution in [0.25, 0.3) is 0 Å². The minimum absolute atomic E-state index is 0.0216. The Balaban J connectivity index is 2.53. The molecule has 1 aromatic rings. The Morgan fingerprint density at radius 2 is 2.14 bits per heavy atom. The lowest BCUT2D eigenvalue weighted by Gasteiger charge is -2.15. The Bertz CT molecular complexity index is 650. The van der Waals surface area contributed by atoms with Crippen molar-refractivity contribution in [3.8, 4) is 12.3 Å². The third-order valence-electron chi connectivity index (χ3n) is 3.07. The van der Waals surface area contributed by atoms with Gasteiger partial charge in [-0.2, -0.15) is 0 Å². The number of benzene rings is 1. The van der Waals surface area contributed by atoms with Crippen LogP contribution in [0.4, 0.5) is 4.79 Å². The number of carbonyl (C=O) groups is 1. The molecule has 0 bridgehead atoms. The molecule has 0 saturated carbocycles. The van der Waals surface area contributed by atoms with E-state index in [9.17, 15) is 13.2 Å². The number of urea groups is 1. The SMILES string of the molecule is C#CCCCCNC(=O)NC(C)c1cccc(S(N)(=O)=O)c1. The van der Waals surface area contributed by atoms with Crippen molar-refractivity contribution in [2.45, 2.75) is 37.1 Å². The summed E-state index contributed by atoms with van der Waals surface area (Å²) in [5.74, 6) is 2.54. The number of hydrogen-bond donors (Lipinski definition) is 3. The van der Waals surface area contributed by atoms with E-state index in [1.54, 1.807) is 19.1 Å². The van der Waals surface area contributed by atoms with Gasteiger partial charge in [-0.3, -0.25) is 0 Å². The predicted octanol–water partition coefficient (Wildman–Crippen LogP) is 1.50. The number of primary sulfonamides is 1. The molecule has 1 atom stereocenters. The van der Waals surface area contributed by atoms with Gasteiger partial charge >= 0.3 is 6.03 Å². The van der Waals surface area contributed by atoms with Crippen molar-refractivity contribution in [2.75, 3.05) is 6.54 Å². The lowest BCUT2D eigenvalue weighted by atomic mass is 10.1. The minimum Gasteiger partial charge on any atom is -0.338 e. The number of unbranched alkanes of at least 4 members (excludes halogenated alkanes) is 2. The van der Waals surface area contributed by atoms with E-state index in [1.165, 1.54) is 12.1 Å². The molecule has 120 valence electrons. The van der Waals surface area contributed by atoms with Crippen molar-refractivity contribution in [1.29, 1.82) is 0 Å². The van der Waals surface area contributed by atoms with E-state index in [0.29, 0.717) is 18.5 Å². The number of hydrogen-bond acceptors (Lipinski definition) is 3. The van der Waals surface area contributed by atoms with Crippen LogP contribution in [0, 0.1) is 12.3 Å². The smallest absolute Gasteiger partial charge is 0.315 e. The Hall–Kier alpha value is -2.04. The molecule has 0 aromatic heterocycles. The van der Waals surface area contributed by atoms with E-state index in [2.05, 4.69) is 16.6 Å². The topological polar surface area (TPSA) is 101 Å². The first kappa shape index (κ1) is 18.0. The highest BCUT2D eigenvalue weighted by atomic mass is 32.2. The van der Waals surface area contributed by atoms with Gasteiger partial charge in [-0.25, -0.2) is 18.4 Å². The van der Waals surface area contributed by atoms with E-state index in [4.69, 9.17) is 11.6 Å². The normalized spacial score (nSPS) is 12.2. The summed E-state index contributed by atoms with van der Waals surface area (Å²) >= 11 is 0. The van der Waals surface area contributed by atoms with Gasteiger partial charge in [-0.15, -0.1) is 12.3 Å². The van der Waals surface area contributed by atoms with Crippen LogP contribution in [0.3, 0.4) is 0 Å². The van der Waals surface area contributed by atoms with Gasteiger partial charge in [-0.1, -0.05) is 12.1 Å². The molecule has 6 nitrogen and oxygen atoms in total. The highest BCUT2D eigenvalue weighted by Crippen LogP contribution is 2.16. The largest absolute Gasteiger partial charge is 0.338 e. The molecule has 0 aliphatic carbocycles. The van der Waals surface area contributed by atoms with Crippen LogP contribution in [0.5, 0.6) is 0 Å². The molecule has 0 saturated heterocycles. The maximum atomic E-state index is 11.7. The number of sulfonamides is 1. The van der Waals surface area contributed by atoms with E-state index >= 15 is 0 Å². The molecule has 1 rings (SSSR count). The van der Waals surface area contributed by atoms with Crippen LogP contribution >= 0.6 is 0 Å². The molecule has 0 heterocycles. The Morgan fingerprint density at radius 3 is 2.77 bits per heavy atom. The second kappa shape index (κ2) is 8.41. The third-order valence-corrected chi connectivity index (χ3v) is 3.98. The van der Waals surface area contributed by atoms with Crippen molar-refractivity contribution in [3.05, 3.63) is 29.8 Å². The lowest BCUT2D eigenvalue weighted by Crippen LogP contribution is -2.37. The Morgan fingerprint density at radius 1 is 1.41 bits per heavy atom. The molecule has 4 N–H and O–H groups in total. The zero-order chi connectivity index (χ0) is 16.6. The van der Waals surface area contributed by atoms with Crippen LogP contribution < -0.4 is 15.8 Å². The van der Waals surface area contributed by atoms with Gasteiger partial charge in [0.2, 0.25) is 10.0 Å². The van der Waals surface area contributed by atoms with Crippen LogP contribution in [-0.2, 0) is 10.0 Å². The van der Waals surface area contributed by atoms with Gasteiger partial charge in [0.1, 0.15) is 0 Å². The predicted molar refractivity (Wildman–Crippen MR) is 85.4 cm³/mol. The first-order chi connectivity index (χ1) is 10.3. The monoisotopic (exact) mass is 323 g/mol. The molecule has 1 unspecified atom stereocenters. The summed E-state index contributed by atoms with van der Waals surface area (Å²) in [7, 11) is -3.75. The highest BCUT2D eigenvalue weighted by Gasteiger charge is 2.13. The number of amides is 2. The van der Waals surface area contributed by atoms with Crippen molar-refractivity contribution in [3.63, 3.8) is 0 Å². The molecular weight excluding hydrogens is 302 g/mol. The fourth-order valence-electron chi connectivity index (χ4n) is 1.85. The molecule has 7 heteroatoms. The minimum atomic E-state index is -3.75. The van der Waals surface area contributed by atoms with Crippen molar-refractivity contribution in [1.82, 2.24) is 10.6 Å². The number of carbonyl (C=O) groups excluding carboxylic acids is 1. The number of nitrogens with one attached hydrogen (secondary N) is 2. The maximum Gasteiger partial charge on any atom is 0.315 e. The molecule has 0 aliphatic heterocycles. The number of terminal acetylenes is 1. The first-order valence-corrected chi connectivity index (χ1v) is 8.50. The highest BCUT2D eigenvalue weighted by molar-refractivity contribution is 7.89. The van der Waals surface area contributed by atoms with Gasteiger partial charge in [0.15, 0.2) is 0 Å². The summed E-state index contributed by atoms with van der Waals surface area (Å²) in [4.78, 5) is 11.8. The summed E-state index contributed by atoms with van der Waals surface area (Å²) in [5, 5.41) is 10.6. The summed E-state index contributed by atoms with van der Waals surface area (Å²) in [6.45, 7) is 2.30. The quantitative estimate of drug-likeness (QED) is 0.523. The first-order valence-electron chi connectivity index (χ1n) is 6.95. The Labute approximate surface area is 131 Å². The van der Waals surface area contributed by atoms with Crippen LogP contribution in [0.1, 0.15) is 37.8 Å². The molecule has 22 heavy (non-hydrogen) atoms. The average molecular weight is 323 g/mol. The van der Waals surface area contributed by atoms with E-state index in [0.717, 1.165) is 12.8 Å².